The van der Waals surface area contributed by atoms with Gasteiger partial charge in [-0.25, -0.2) is 4.39 Å². The molecule has 2 N–H and O–H groups in total. The molecule has 8 heteroatoms. The maximum atomic E-state index is 13.8. The second kappa shape index (κ2) is 8.62. The fraction of sp³-hybridized carbons (Fsp3) is 0.227. The fourth-order valence-electron chi connectivity index (χ4n) is 3.56. The number of para-hydroxylation sites is 1. The molecule has 1 aromatic carbocycles. The maximum absolute atomic E-state index is 13.8. The first-order valence-corrected chi connectivity index (χ1v) is 10.0. The third kappa shape index (κ3) is 4.18. The third-order valence-electron chi connectivity index (χ3n) is 4.98. The quantitative estimate of drug-likeness (QED) is 0.580. The Hall–Kier alpha value is -3.26. The number of aryl methyl sites for hydroxylation is 1. The normalized spacial score (nSPS) is 18.3. The van der Waals surface area contributed by atoms with Crippen LogP contribution in [0.4, 0.5) is 10.1 Å². The van der Waals surface area contributed by atoms with Gasteiger partial charge in [-0.1, -0.05) is 18.2 Å². The van der Waals surface area contributed by atoms with Crippen molar-refractivity contribution in [1.29, 1.82) is 0 Å². The first-order chi connectivity index (χ1) is 14.5. The number of carbonyl (C=O) groups is 1. The van der Waals surface area contributed by atoms with Gasteiger partial charge in [0.2, 0.25) is 5.91 Å². The van der Waals surface area contributed by atoms with E-state index in [0.717, 1.165) is 17.2 Å². The Labute approximate surface area is 179 Å². The van der Waals surface area contributed by atoms with E-state index >= 15 is 0 Å². The highest BCUT2D eigenvalue weighted by Gasteiger charge is 2.41. The van der Waals surface area contributed by atoms with Crippen molar-refractivity contribution in [3.63, 3.8) is 0 Å². The number of hydrogen-bond donors (Lipinski definition) is 2. The lowest BCUT2D eigenvalue weighted by molar-refractivity contribution is -0.116. The van der Waals surface area contributed by atoms with Gasteiger partial charge in [0, 0.05) is 19.2 Å². The third-order valence-corrected chi connectivity index (χ3v) is 5.33. The van der Waals surface area contributed by atoms with Crippen LogP contribution >= 0.6 is 12.2 Å². The van der Waals surface area contributed by atoms with E-state index in [4.69, 9.17) is 16.6 Å². The van der Waals surface area contributed by atoms with Gasteiger partial charge in [0.15, 0.2) is 5.11 Å². The molecule has 0 aliphatic carbocycles. The van der Waals surface area contributed by atoms with Crippen LogP contribution in [-0.4, -0.2) is 27.4 Å². The molecule has 30 heavy (non-hydrogen) atoms. The Morgan fingerprint density at radius 2 is 2.03 bits per heavy atom. The molecule has 154 valence electrons. The molecule has 1 saturated heterocycles. The van der Waals surface area contributed by atoms with Crippen LogP contribution in [0.1, 0.15) is 35.7 Å². The second-order valence-corrected chi connectivity index (χ2v) is 7.43. The van der Waals surface area contributed by atoms with Crippen molar-refractivity contribution in [2.45, 2.75) is 25.4 Å². The van der Waals surface area contributed by atoms with Crippen molar-refractivity contribution in [2.75, 3.05) is 11.9 Å². The van der Waals surface area contributed by atoms with Crippen LogP contribution < -0.4 is 10.6 Å². The van der Waals surface area contributed by atoms with E-state index in [1.54, 1.807) is 18.3 Å². The summed E-state index contributed by atoms with van der Waals surface area (Å²) in [4.78, 5) is 18.8. The zero-order valence-electron chi connectivity index (χ0n) is 16.3. The van der Waals surface area contributed by atoms with Crippen molar-refractivity contribution >= 4 is 28.9 Å². The van der Waals surface area contributed by atoms with Gasteiger partial charge >= 0.3 is 0 Å². The summed E-state index contributed by atoms with van der Waals surface area (Å²) in [6.45, 7) is 2.23. The van der Waals surface area contributed by atoms with Gasteiger partial charge < -0.3 is 20.0 Å². The standard InChI is InChI=1S/C22H21FN4O2S/c1-14-9-10-18(29-14)21-20(17-8-4-5-12-24-17)26-22(30)27(21)13-11-19(28)25-16-7-3-2-6-15(16)23/h2-10,12,20-21H,11,13H2,1H3,(H,25,28)(H,26,30)/t20-,21+/m1/s1. The first-order valence-electron chi connectivity index (χ1n) is 9.61. The monoisotopic (exact) mass is 424 g/mol. The Kier molecular flexibility index (Phi) is 5.76. The van der Waals surface area contributed by atoms with Crippen molar-refractivity contribution in [1.82, 2.24) is 15.2 Å². The smallest absolute Gasteiger partial charge is 0.226 e. The number of furan rings is 1. The molecule has 4 rings (SSSR count). The number of anilines is 1. The number of amides is 1. The van der Waals surface area contributed by atoms with Gasteiger partial charge in [0.25, 0.3) is 0 Å². The van der Waals surface area contributed by atoms with E-state index in [1.165, 1.54) is 12.1 Å². The Morgan fingerprint density at radius 1 is 1.23 bits per heavy atom. The molecule has 0 radical (unpaired) electrons. The van der Waals surface area contributed by atoms with Gasteiger partial charge in [-0.3, -0.25) is 9.78 Å². The molecule has 1 aliphatic heterocycles. The Morgan fingerprint density at radius 3 is 2.73 bits per heavy atom. The van der Waals surface area contributed by atoms with Crippen LogP contribution in [-0.2, 0) is 4.79 Å². The minimum absolute atomic E-state index is 0.140. The summed E-state index contributed by atoms with van der Waals surface area (Å²) in [5.74, 6) is 0.770. The zero-order chi connectivity index (χ0) is 21.1. The Balaban J connectivity index is 1.52. The van der Waals surface area contributed by atoms with E-state index in [0.29, 0.717) is 11.7 Å². The molecule has 1 aliphatic rings. The molecule has 0 unspecified atom stereocenters. The Bertz CT molecular complexity index is 1060. The largest absolute Gasteiger partial charge is 0.464 e. The summed E-state index contributed by atoms with van der Waals surface area (Å²) in [5, 5.41) is 6.43. The first kappa shape index (κ1) is 20.0. The van der Waals surface area contributed by atoms with Gasteiger partial charge in [0.05, 0.1) is 17.4 Å². The molecule has 1 fully saturated rings. The molecule has 2 aromatic heterocycles. The molecular formula is C22H21FN4O2S. The van der Waals surface area contributed by atoms with Crippen LogP contribution in [0.2, 0.25) is 0 Å². The summed E-state index contributed by atoms with van der Waals surface area (Å²) in [7, 11) is 0. The highest BCUT2D eigenvalue weighted by atomic mass is 32.1. The lowest BCUT2D eigenvalue weighted by Crippen LogP contribution is -2.32. The summed E-state index contributed by atoms with van der Waals surface area (Å²) in [6, 6.07) is 15.1. The van der Waals surface area contributed by atoms with Crippen LogP contribution in [0.15, 0.2) is 65.2 Å². The lowest BCUT2D eigenvalue weighted by Gasteiger charge is -2.25. The molecule has 2 atom stereocenters. The molecule has 3 aromatic rings. The van der Waals surface area contributed by atoms with Crippen molar-refractivity contribution in [3.8, 4) is 0 Å². The average Bonchev–Trinajstić information content (AvgIpc) is 3.31. The fourth-order valence-corrected chi connectivity index (χ4v) is 3.90. The van der Waals surface area contributed by atoms with Gasteiger partial charge in [-0.05, 0) is 55.5 Å². The molecular weight excluding hydrogens is 403 g/mol. The van der Waals surface area contributed by atoms with Gasteiger partial charge in [-0.2, -0.15) is 0 Å². The topological polar surface area (TPSA) is 70.4 Å². The maximum Gasteiger partial charge on any atom is 0.226 e. The number of halogens is 1. The summed E-state index contributed by atoms with van der Waals surface area (Å²) < 4.78 is 19.7. The minimum Gasteiger partial charge on any atom is -0.464 e. The number of nitrogens with zero attached hydrogens (tertiary/aromatic N) is 2. The second-order valence-electron chi connectivity index (χ2n) is 7.05. The average molecular weight is 425 g/mol. The molecule has 3 heterocycles. The van der Waals surface area contributed by atoms with E-state index in [9.17, 15) is 9.18 Å². The number of pyridine rings is 1. The molecule has 0 saturated carbocycles. The SMILES string of the molecule is Cc1ccc([C@H]2[C@@H](c3ccccn3)NC(=S)N2CCC(=O)Nc2ccccc2F)o1. The van der Waals surface area contributed by atoms with E-state index in [-0.39, 0.29) is 30.1 Å². The lowest BCUT2D eigenvalue weighted by atomic mass is 10.0. The summed E-state index contributed by atoms with van der Waals surface area (Å²) in [5.41, 5.74) is 0.992. The van der Waals surface area contributed by atoms with Crippen molar-refractivity contribution in [3.05, 3.63) is 83.8 Å². The number of hydrogen-bond acceptors (Lipinski definition) is 4. The predicted molar refractivity (Wildman–Crippen MR) is 115 cm³/mol. The van der Waals surface area contributed by atoms with Gasteiger partial charge in [0.1, 0.15) is 23.4 Å². The molecule has 0 bridgehead atoms. The van der Waals surface area contributed by atoms with E-state index in [2.05, 4.69) is 15.6 Å². The number of carbonyl (C=O) groups excluding carboxylic acids is 1. The van der Waals surface area contributed by atoms with E-state index < -0.39 is 5.82 Å². The van der Waals surface area contributed by atoms with Crippen LogP contribution in [0.25, 0.3) is 0 Å². The summed E-state index contributed by atoms with van der Waals surface area (Å²) in [6.07, 6.45) is 1.87. The molecule has 0 spiro atoms. The number of nitrogens with one attached hydrogen (secondary N) is 2. The van der Waals surface area contributed by atoms with Crippen LogP contribution in [0.5, 0.6) is 0 Å². The van der Waals surface area contributed by atoms with Gasteiger partial charge in [-0.15, -0.1) is 0 Å². The van der Waals surface area contributed by atoms with Crippen molar-refractivity contribution in [2.24, 2.45) is 0 Å². The predicted octanol–water partition coefficient (Wildman–Crippen LogP) is 4.12. The molecule has 6 nitrogen and oxygen atoms in total. The number of rotatable bonds is 6. The van der Waals surface area contributed by atoms with Crippen molar-refractivity contribution < 1.29 is 13.6 Å². The molecule has 1 amide bonds. The highest BCUT2D eigenvalue weighted by molar-refractivity contribution is 7.80. The number of thiocarbonyl (C=S) groups is 1. The van der Waals surface area contributed by atoms with Crippen LogP contribution in [0, 0.1) is 12.7 Å². The number of aromatic nitrogens is 1. The highest BCUT2D eigenvalue weighted by Crippen LogP contribution is 2.39. The summed E-state index contributed by atoms with van der Waals surface area (Å²) >= 11 is 5.56. The zero-order valence-corrected chi connectivity index (χ0v) is 17.2. The number of benzene rings is 1. The minimum atomic E-state index is -0.469. The van der Waals surface area contributed by atoms with E-state index in [1.807, 2.05) is 42.2 Å². The van der Waals surface area contributed by atoms with Crippen LogP contribution in [0.3, 0.4) is 0 Å².